The summed E-state index contributed by atoms with van der Waals surface area (Å²) < 4.78 is 0. The molecule has 0 spiro atoms. The van der Waals surface area contributed by atoms with Crippen LogP contribution in [-0.4, -0.2) is 15.0 Å². The van der Waals surface area contributed by atoms with Crippen LogP contribution in [0.25, 0.3) is 0 Å². The van der Waals surface area contributed by atoms with Crippen molar-refractivity contribution in [3.05, 3.63) is 17.5 Å². The lowest BCUT2D eigenvalue weighted by atomic mass is 10.6. The van der Waals surface area contributed by atoms with Crippen molar-refractivity contribution in [1.82, 2.24) is 15.0 Å². The normalized spacial score (nSPS) is 9.90. The summed E-state index contributed by atoms with van der Waals surface area (Å²) in [6.07, 6.45) is 0. The Morgan fingerprint density at radius 1 is 1.10 bits per heavy atom. The molecular formula is C6H8ClN3. The van der Waals surface area contributed by atoms with E-state index in [9.17, 15) is 0 Å². The topological polar surface area (TPSA) is 38.7 Å². The Labute approximate surface area is 64.5 Å². The van der Waals surface area contributed by atoms with E-state index in [-0.39, 0.29) is 0 Å². The Morgan fingerprint density at radius 2 is 1.60 bits per heavy atom. The van der Waals surface area contributed by atoms with Crippen LogP contribution in [0.1, 0.15) is 17.5 Å². The highest BCUT2D eigenvalue weighted by molar-refractivity contribution is 6.16. The third-order valence-electron chi connectivity index (χ3n) is 1.02. The average molecular weight is 158 g/mol. The predicted octanol–water partition coefficient (Wildman–Crippen LogP) is 1.23. The van der Waals surface area contributed by atoms with Gasteiger partial charge in [-0.15, -0.1) is 11.6 Å². The molecule has 4 heteroatoms. The molecule has 0 saturated carbocycles. The maximum Gasteiger partial charge on any atom is 0.147 e. The molecule has 1 aromatic rings. The van der Waals surface area contributed by atoms with Crippen molar-refractivity contribution in [2.45, 2.75) is 19.7 Å². The van der Waals surface area contributed by atoms with Crippen LogP contribution in [-0.2, 0) is 5.88 Å². The molecule has 1 rings (SSSR count). The largest absolute Gasteiger partial charge is 0.219 e. The first kappa shape index (κ1) is 7.41. The van der Waals surface area contributed by atoms with Crippen LogP contribution in [0.4, 0.5) is 0 Å². The van der Waals surface area contributed by atoms with Gasteiger partial charge in [-0.25, -0.2) is 15.0 Å². The quantitative estimate of drug-likeness (QED) is 0.576. The fraction of sp³-hybridized carbons (Fsp3) is 0.500. The molecule has 0 aliphatic rings. The van der Waals surface area contributed by atoms with Crippen LogP contribution in [0.5, 0.6) is 0 Å². The third-order valence-corrected chi connectivity index (χ3v) is 1.26. The van der Waals surface area contributed by atoms with E-state index in [0.29, 0.717) is 11.7 Å². The molecular weight excluding hydrogens is 150 g/mol. The van der Waals surface area contributed by atoms with Gasteiger partial charge in [0.25, 0.3) is 0 Å². The Balaban J connectivity index is 3.06. The number of hydrogen-bond donors (Lipinski definition) is 0. The number of aryl methyl sites for hydroxylation is 2. The predicted molar refractivity (Wildman–Crippen MR) is 38.9 cm³/mol. The van der Waals surface area contributed by atoms with E-state index in [2.05, 4.69) is 15.0 Å². The van der Waals surface area contributed by atoms with Crippen LogP contribution < -0.4 is 0 Å². The zero-order chi connectivity index (χ0) is 7.56. The van der Waals surface area contributed by atoms with Crippen LogP contribution in [0.2, 0.25) is 0 Å². The summed E-state index contributed by atoms with van der Waals surface area (Å²) in [5, 5.41) is 0. The third kappa shape index (κ3) is 1.64. The fourth-order valence-corrected chi connectivity index (χ4v) is 0.862. The zero-order valence-electron chi connectivity index (χ0n) is 5.93. The summed E-state index contributed by atoms with van der Waals surface area (Å²) in [5.41, 5.74) is 0. The second kappa shape index (κ2) is 2.92. The Bertz CT molecular complexity index is 216. The lowest BCUT2D eigenvalue weighted by Crippen LogP contribution is -1.99. The number of aromatic nitrogens is 3. The van der Waals surface area contributed by atoms with E-state index in [0.717, 1.165) is 11.6 Å². The second-order valence-electron chi connectivity index (χ2n) is 1.98. The highest BCUT2D eigenvalue weighted by Gasteiger charge is 1.96. The van der Waals surface area contributed by atoms with Crippen LogP contribution >= 0.6 is 11.6 Å². The molecule has 0 saturated heterocycles. The van der Waals surface area contributed by atoms with E-state index in [1.54, 1.807) is 0 Å². The van der Waals surface area contributed by atoms with Gasteiger partial charge in [-0.1, -0.05) is 0 Å². The lowest BCUT2D eigenvalue weighted by Gasteiger charge is -1.96. The molecule has 0 atom stereocenters. The molecule has 0 aliphatic heterocycles. The summed E-state index contributed by atoms with van der Waals surface area (Å²) in [6.45, 7) is 3.65. The SMILES string of the molecule is Cc1nc(C)nc(CCl)n1. The Hall–Kier alpha value is -0.700. The standard InChI is InChI=1S/C6H8ClN3/c1-4-8-5(2)10-6(3-7)9-4/h3H2,1-2H3. The first-order valence-corrected chi connectivity index (χ1v) is 3.50. The van der Waals surface area contributed by atoms with Gasteiger partial charge in [-0.2, -0.15) is 0 Å². The van der Waals surface area contributed by atoms with Crippen molar-refractivity contribution in [3.8, 4) is 0 Å². The molecule has 54 valence electrons. The molecule has 10 heavy (non-hydrogen) atoms. The molecule has 3 nitrogen and oxygen atoms in total. The maximum absolute atomic E-state index is 5.52. The van der Waals surface area contributed by atoms with Crippen molar-refractivity contribution in [2.24, 2.45) is 0 Å². The van der Waals surface area contributed by atoms with E-state index in [4.69, 9.17) is 11.6 Å². The molecule has 0 aromatic carbocycles. The van der Waals surface area contributed by atoms with Gasteiger partial charge in [0.1, 0.15) is 17.5 Å². The first-order valence-electron chi connectivity index (χ1n) is 2.96. The Morgan fingerprint density at radius 3 is 2.00 bits per heavy atom. The molecule has 0 amide bonds. The highest BCUT2D eigenvalue weighted by Crippen LogP contribution is 1.96. The minimum atomic E-state index is 0.351. The van der Waals surface area contributed by atoms with E-state index >= 15 is 0 Å². The molecule has 0 aliphatic carbocycles. The lowest BCUT2D eigenvalue weighted by molar-refractivity contribution is 0.866. The van der Waals surface area contributed by atoms with Gasteiger partial charge in [0.2, 0.25) is 0 Å². The second-order valence-corrected chi connectivity index (χ2v) is 2.25. The molecule has 0 unspecified atom stereocenters. The van der Waals surface area contributed by atoms with E-state index in [1.165, 1.54) is 0 Å². The average Bonchev–Trinajstić information content (AvgIpc) is 1.85. The summed E-state index contributed by atoms with van der Waals surface area (Å²) in [6, 6.07) is 0. The van der Waals surface area contributed by atoms with Crippen molar-refractivity contribution in [3.63, 3.8) is 0 Å². The van der Waals surface area contributed by atoms with Crippen molar-refractivity contribution in [1.29, 1.82) is 0 Å². The molecule has 0 bridgehead atoms. The van der Waals surface area contributed by atoms with Crippen molar-refractivity contribution < 1.29 is 0 Å². The molecule has 0 radical (unpaired) electrons. The number of halogens is 1. The van der Waals surface area contributed by atoms with Crippen LogP contribution in [0, 0.1) is 13.8 Å². The Kier molecular flexibility index (Phi) is 2.17. The number of rotatable bonds is 1. The summed E-state index contributed by atoms with van der Waals surface area (Å²) in [5.74, 6) is 2.45. The molecule has 0 fully saturated rings. The van der Waals surface area contributed by atoms with Gasteiger partial charge >= 0.3 is 0 Å². The smallest absolute Gasteiger partial charge is 0.147 e. The molecule has 1 aromatic heterocycles. The highest BCUT2D eigenvalue weighted by atomic mass is 35.5. The monoisotopic (exact) mass is 157 g/mol. The van der Waals surface area contributed by atoms with Crippen molar-refractivity contribution in [2.75, 3.05) is 0 Å². The van der Waals surface area contributed by atoms with Gasteiger partial charge in [0.05, 0.1) is 5.88 Å². The minimum absolute atomic E-state index is 0.351. The van der Waals surface area contributed by atoms with Gasteiger partial charge in [0.15, 0.2) is 0 Å². The van der Waals surface area contributed by atoms with E-state index < -0.39 is 0 Å². The summed E-state index contributed by atoms with van der Waals surface area (Å²) in [7, 11) is 0. The minimum Gasteiger partial charge on any atom is -0.219 e. The van der Waals surface area contributed by atoms with Gasteiger partial charge in [0, 0.05) is 0 Å². The number of alkyl halides is 1. The molecule has 0 N–H and O–H groups in total. The maximum atomic E-state index is 5.52. The zero-order valence-corrected chi connectivity index (χ0v) is 6.68. The van der Waals surface area contributed by atoms with Crippen LogP contribution in [0.3, 0.4) is 0 Å². The first-order chi connectivity index (χ1) is 4.72. The van der Waals surface area contributed by atoms with Gasteiger partial charge < -0.3 is 0 Å². The molecule has 1 heterocycles. The van der Waals surface area contributed by atoms with Crippen LogP contribution in [0.15, 0.2) is 0 Å². The van der Waals surface area contributed by atoms with E-state index in [1.807, 2.05) is 13.8 Å². The summed E-state index contributed by atoms with van der Waals surface area (Å²) in [4.78, 5) is 12.0. The summed E-state index contributed by atoms with van der Waals surface area (Å²) >= 11 is 5.52. The van der Waals surface area contributed by atoms with Crippen molar-refractivity contribution >= 4 is 11.6 Å². The number of nitrogens with zero attached hydrogens (tertiary/aromatic N) is 3. The van der Waals surface area contributed by atoms with Gasteiger partial charge in [-0.05, 0) is 13.8 Å². The number of hydrogen-bond acceptors (Lipinski definition) is 3. The van der Waals surface area contributed by atoms with Gasteiger partial charge in [-0.3, -0.25) is 0 Å². The fourth-order valence-electron chi connectivity index (χ4n) is 0.742.